The molecule has 2 aromatic heterocycles. The topological polar surface area (TPSA) is 97.2 Å². The molecule has 0 saturated carbocycles. The van der Waals surface area contributed by atoms with Crippen molar-refractivity contribution in [2.75, 3.05) is 6.26 Å². The fourth-order valence-corrected chi connectivity index (χ4v) is 3.04. The number of aliphatic hydroxyl groups is 1. The molecular formula is C20H19ClN4O3S. The van der Waals surface area contributed by atoms with Crippen LogP contribution in [0.3, 0.4) is 0 Å². The average Bonchev–Trinajstić information content (AvgIpc) is 2.76. The number of nitrogens with zero attached hydrogens (tertiary/aromatic N) is 3. The molecule has 0 spiro atoms. The number of thioether (sulfide) groups is 1. The molecule has 1 amide bonds. The third-order valence-corrected chi connectivity index (χ3v) is 4.89. The van der Waals surface area contributed by atoms with Crippen LogP contribution in [0.1, 0.15) is 27.2 Å². The highest BCUT2D eigenvalue weighted by Crippen LogP contribution is 2.22. The molecular weight excluding hydrogens is 412 g/mol. The van der Waals surface area contributed by atoms with Crippen molar-refractivity contribution in [3.8, 4) is 5.88 Å². The number of nitrogens with one attached hydrogen (secondary N) is 1. The van der Waals surface area contributed by atoms with E-state index in [0.717, 1.165) is 11.3 Å². The molecule has 150 valence electrons. The Morgan fingerprint density at radius 3 is 2.83 bits per heavy atom. The van der Waals surface area contributed by atoms with Crippen LogP contribution in [0.4, 0.5) is 0 Å². The van der Waals surface area contributed by atoms with Gasteiger partial charge in [-0.1, -0.05) is 41.6 Å². The smallest absolute Gasteiger partial charge is 0.258 e. The number of aromatic nitrogens is 3. The molecule has 0 saturated heterocycles. The van der Waals surface area contributed by atoms with Crippen LogP contribution < -0.4 is 10.1 Å². The zero-order chi connectivity index (χ0) is 20.6. The molecule has 0 radical (unpaired) electrons. The highest BCUT2D eigenvalue weighted by Gasteiger charge is 2.16. The highest BCUT2D eigenvalue weighted by atomic mass is 35.5. The predicted molar refractivity (Wildman–Crippen MR) is 111 cm³/mol. The lowest BCUT2D eigenvalue weighted by Crippen LogP contribution is -2.24. The van der Waals surface area contributed by atoms with Gasteiger partial charge in [-0.3, -0.25) is 9.78 Å². The van der Waals surface area contributed by atoms with Crippen molar-refractivity contribution >= 4 is 29.3 Å². The Labute approximate surface area is 177 Å². The maximum Gasteiger partial charge on any atom is 0.258 e. The van der Waals surface area contributed by atoms with E-state index in [1.54, 1.807) is 24.4 Å². The lowest BCUT2D eigenvalue weighted by molar-refractivity contribution is 0.0944. The van der Waals surface area contributed by atoms with E-state index < -0.39 is 0 Å². The molecule has 0 aliphatic heterocycles. The summed E-state index contributed by atoms with van der Waals surface area (Å²) >= 11 is 7.48. The van der Waals surface area contributed by atoms with E-state index in [-0.39, 0.29) is 37.1 Å². The summed E-state index contributed by atoms with van der Waals surface area (Å²) in [6, 6.07) is 10.7. The van der Waals surface area contributed by atoms with Crippen LogP contribution in [0, 0.1) is 0 Å². The number of pyridine rings is 1. The van der Waals surface area contributed by atoms with E-state index in [2.05, 4.69) is 20.3 Å². The molecule has 3 rings (SSSR count). The summed E-state index contributed by atoms with van der Waals surface area (Å²) in [6.07, 6.45) is 4.96. The van der Waals surface area contributed by atoms with Gasteiger partial charge >= 0.3 is 0 Å². The van der Waals surface area contributed by atoms with Crippen LogP contribution in [0.5, 0.6) is 5.88 Å². The third-order valence-electron chi connectivity index (χ3n) is 3.98. The number of carbonyl (C=O) groups excluding carboxylic acids is 1. The number of halogens is 1. The maximum absolute atomic E-state index is 12.6. The van der Waals surface area contributed by atoms with Crippen LogP contribution in [0.15, 0.2) is 53.9 Å². The van der Waals surface area contributed by atoms with Gasteiger partial charge in [0.1, 0.15) is 12.2 Å². The summed E-state index contributed by atoms with van der Waals surface area (Å²) in [5.74, 6) is -0.169. The van der Waals surface area contributed by atoms with Gasteiger partial charge in [-0.15, -0.1) is 0 Å². The van der Waals surface area contributed by atoms with Gasteiger partial charge in [0.05, 0.1) is 18.8 Å². The number of amides is 1. The Hall–Kier alpha value is -2.68. The number of hydrogen-bond acceptors (Lipinski definition) is 7. The van der Waals surface area contributed by atoms with E-state index in [0.29, 0.717) is 15.7 Å². The fraction of sp³-hybridized carbons (Fsp3) is 0.200. The van der Waals surface area contributed by atoms with Gasteiger partial charge in [0.25, 0.3) is 5.91 Å². The van der Waals surface area contributed by atoms with Crippen molar-refractivity contribution in [2.24, 2.45) is 0 Å². The number of ether oxygens (including phenoxy) is 1. The zero-order valence-electron chi connectivity index (χ0n) is 15.6. The summed E-state index contributed by atoms with van der Waals surface area (Å²) < 4.78 is 5.81. The van der Waals surface area contributed by atoms with Gasteiger partial charge in [-0.2, -0.15) is 4.98 Å². The molecule has 0 unspecified atom stereocenters. The van der Waals surface area contributed by atoms with Gasteiger partial charge < -0.3 is 15.2 Å². The Morgan fingerprint density at radius 1 is 1.28 bits per heavy atom. The second kappa shape index (κ2) is 10.2. The normalized spacial score (nSPS) is 10.6. The van der Waals surface area contributed by atoms with Gasteiger partial charge in [0.2, 0.25) is 5.88 Å². The Balaban J connectivity index is 1.74. The summed E-state index contributed by atoms with van der Waals surface area (Å²) in [4.78, 5) is 25.3. The number of carbonyl (C=O) groups is 1. The largest absolute Gasteiger partial charge is 0.472 e. The summed E-state index contributed by atoms with van der Waals surface area (Å²) in [7, 11) is 0. The predicted octanol–water partition coefficient (Wildman–Crippen LogP) is 3.25. The van der Waals surface area contributed by atoms with E-state index >= 15 is 0 Å². The number of aliphatic hydroxyl groups excluding tert-OH is 1. The van der Waals surface area contributed by atoms with Gasteiger partial charge in [-0.25, -0.2) is 4.98 Å². The number of hydrogen-bond donors (Lipinski definition) is 2. The Bertz CT molecular complexity index is 989. The molecule has 0 bridgehead atoms. The molecule has 7 nitrogen and oxygen atoms in total. The van der Waals surface area contributed by atoms with E-state index in [9.17, 15) is 9.90 Å². The first-order valence-electron chi connectivity index (χ1n) is 8.70. The monoisotopic (exact) mass is 430 g/mol. The van der Waals surface area contributed by atoms with Gasteiger partial charge in [0.15, 0.2) is 5.16 Å². The molecule has 9 heteroatoms. The summed E-state index contributed by atoms with van der Waals surface area (Å²) in [6.45, 7) is 0.308. The molecule has 29 heavy (non-hydrogen) atoms. The molecule has 0 fully saturated rings. The van der Waals surface area contributed by atoms with E-state index in [1.807, 2.05) is 24.5 Å². The first-order chi connectivity index (χ1) is 14.1. The molecule has 3 aromatic rings. The first-order valence-corrected chi connectivity index (χ1v) is 10.3. The first kappa shape index (κ1) is 21.0. The van der Waals surface area contributed by atoms with E-state index in [4.69, 9.17) is 16.3 Å². The van der Waals surface area contributed by atoms with Crippen molar-refractivity contribution in [1.29, 1.82) is 0 Å². The van der Waals surface area contributed by atoms with Crippen molar-refractivity contribution in [3.63, 3.8) is 0 Å². The van der Waals surface area contributed by atoms with Gasteiger partial charge in [0, 0.05) is 17.4 Å². The van der Waals surface area contributed by atoms with Crippen molar-refractivity contribution in [2.45, 2.75) is 24.9 Å². The molecule has 2 heterocycles. The maximum atomic E-state index is 12.6. The van der Waals surface area contributed by atoms with Crippen molar-refractivity contribution in [3.05, 3.63) is 76.2 Å². The fourth-order valence-electron chi connectivity index (χ4n) is 2.44. The van der Waals surface area contributed by atoms with Crippen LogP contribution in [-0.2, 0) is 19.8 Å². The minimum Gasteiger partial charge on any atom is -0.472 e. The molecule has 0 aliphatic carbocycles. The lowest BCUT2D eigenvalue weighted by atomic mass is 10.1. The van der Waals surface area contributed by atoms with Crippen LogP contribution in [0.25, 0.3) is 0 Å². The van der Waals surface area contributed by atoms with Crippen LogP contribution in [0.2, 0.25) is 5.02 Å². The molecule has 0 atom stereocenters. The van der Waals surface area contributed by atoms with Crippen LogP contribution in [-0.4, -0.2) is 32.2 Å². The van der Waals surface area contributed by atoms with Crippen molar-refractivity contribution < 1.29 is 14.6 Å². The minimum absolute atomic E-state index is 0.135. The van der Waals surface area contributed by atoms with Crippen LogP contribution >= 0.6 is 23.4 Å². The molecule has 1 aromatic carbocycles. The SMILES string of the molecule is CSc1ncc(C(=O)NCc2ccccn2)c(OCc2ccc(CO)c(Cl)c2)n1. The standard InChI is InChI=1S/C20H19ClN4O3S/c1-29-20-24-10-16(18(27)23-9-15-4-2-3-7-22-15)19(25-20)28-12-13-5-6-14(11-26)17(21)8-13/h2-8,10,26H,9,11-12H2,1H3,(H,23,27). The Morgan fingerprint density at radius 2 is 2.14 bits per heavy atom. The summed E-state index contributed by atoms with van der Waals surface area (Å²) in [5.41, 5.74) is 2.40. The second-order valence-corrected chi connectivity index (χ2v) is 7.13. The average molecular weight is 431 g/mol. The number of benzene rings is 1. The number of rotatable bonds is 8. The van der Waals surface area contributed by atoms with Gasteiger partial charge in [-0.05, 0) is 35.6 Å². The molecule has 0 aliphatic rings. The lowest BCUT2D eigenvalue weighted by Gasteiger charge is -2.12. The quantitative estimate of drug-likeness (QED) is 0.418. The summed E-state index contributed by atoms with van der Waals surface area (Å²) in [5, 5.41) is 13.0. The van der Waals surface area contributed by atoms with E-state index in [1.165, 1.54) is 18.0 Å². The second-order valence-electron chi connectivity index (χ2n) is 5.95. The highest BCUT2D eigenvalue weighted by molar-refractivity contribution is 7.98. The Kier molecular flexibility index (Phi) is 7.40. The third kappa shape index (κ3) is 5.66. The molecule has 2 N–H and O–H groups in total. The van der Waals surface area contributed by atoms with Crippen molar-refractivity contribution in [1.82, 2.24) is 20.3 Å². The zero-order valence-corrected chi connectivity index (χ0v) is 17.2. The minimum atomic E-state index is -0.355.